The lowest BCUT2D eigenvalue weighted by atomic mass is 10.1. The van der Waals surface area contributed by atoms with E-state index in [1.165, 1.54) is 11.3 Å². The topological polar surface area (TPSA) is 60.7 Å². The minimum absolute atomic E-state index is 0.0264. The molecular formula is C22H22N2O3S. The van der Waals surface area contributed by atoms with Gasteiger partial charge in [0.05, 0.1) is 13.2 Å². The van der Waals surface area contributed by atoms with Crippen LogP contribution >= 0.6 is 11.3 Å². The summed E-state index contributed by atoms with van der Waals surface area (Å²) >= 11 is 1.33. The number of thiazole rings is 1. The number of unbranched alkanes of at least 4 members (excludes halogenated alkanes) is 1. The van der Waals surface area contributed by atoms with Crippen molar-refractivity contribution in [3.8, 4) is 5.75 Å². The number of Topliss-reactive ketones (excluding diaryl/α,β-unsaturated/α-hetero) is 1. The molecule has 0 unspecified atom stereocenters. The summed E-state index contributed by atoms with van der Waals surface area (Å²) in [6.07, 6.45) is 3.83. The molecule has 0 saturated heterocycles. The van der Waals surface area contributed by atoms with E-state index in [1.54, 1.807) is 47.2 Å². The maximum Gasteiger partial charge on any atom is 0.279 e. The molecule has 1 amide bonds. The highest BCUT2D eigenvalue weighted by Gasteiger charge is 2.09. The Kier molecular flexibility index (Phi) is 6.92. The van der Waals surface area contributed by atoms with Crippen LogP contribution in [0, 0.1) is 0 Å². The van der Waals surface area contributed by atoms with E-state index in [0.717, 1.165) is 18.6 Å². The van der Waals surface area contributed by atoms with Crippen molar-refractivity contribution >= 4 is 23.0 Å². The Hall–Kier alpha value is -2.99. The molecule has 3 aromatic rings. The number of amides is 1. The number of nitrogens with zero attached hydrogens (tertiary/aromatic N) is 2. The van der Waals surface area contributed by atoms with Gasteiger partial charge in [0.2, 0.25) is 0 Å². The first kappa shape index (κ1) is 19.8. The van der Waals surface area contributed by atoms with E-state index in [0.29, 0.717) is 22.5 Å². The van der Waals surface area contributed by atoms with Crippen molar-refractivity contribution in [3.63, 3.8) is 0 Å². The lowest BCUT2D eigenvalue weighted by Crippen LogP contribution is -2.21. The number of rotatable bonds is 8. The molecule has 0 N–H and O–H groups in total. The summed E-state index contributed by atoms with van der Waals surface area (Å²) in [5.41, 5.74) is 1.12. The molecule has 6 heteroatoms. The zero-order valence-electron chi connectivity index (χ0n) is 15.7. The number of ketones is 1. The van der Waals surface area contributed by atoms with E-state index >= 15 is 0 Å². The fourth-order valence-electron chi connectivity index (χ4n) is 2.56. The monoisotopic (exact) mass is 394 g/mol. The number of hydrogen-bond acceptors (Lipinski definition) is 4. The maximum absolute atomic E-state index is 12.5. The van der Waals surface area contributed by atoms with Gasteiger partial charge in [-0.05, 0) is 30.7 Å². The lowest BCUT2D eigenvalue weighted by Gasteiger charge is -2.05. The van der Waals surface area contributed by atoms with E-state index in [2.05, 4.69) is 11.9 Å². The third-order valence-electron chi connectivity index (χ3n) is 4.13. The fourth-order valence-corrected chi connectivity index (χ4v) is 3.28. The van der Waals surface area contributed by atoms with E-state index in [-0.39, 0.29) is 18.2 Å². The van der Waals surface area contributed by atoms with Gasteiger partial charge in [0.15, 0.2) is 10.6 Å². The van der Waals surface area contributed by atoms with Crippen LogP contribution in [0.15, 0.2) is 71.2 Å². The Balaban J connectivity index is 1.71. The molecule has 3 rings (SSSR count). The standard InChI is InChI=1S/C22H22N2O3S/c1-2-3-14-27-19-11-9-18(10-12-19)21(26)23-22-24(13-15-28-22)16-20(25)17-7-5-4-6-8-17/h4-13,15H,2-3,14,16H2,1H3. The van der Waals surface area contributed by atoms with Gasteiger partial charge < -0.3 is 9.30 Å². The SMILES string of the molecule is CCCCOc1ccc(C(=O)N=c2sccn2CC(=O)c2ccccc2)cc1. The second kappa shape index (κ2) is 9.80. The predicted octanol–water partition coefficient (Wildman–Crippen LogP) is 4.35. The number of benzene rings is 2. The van der Waals surface area contributed by atoms with Crippen LogP contribution in [-0.2, 0) is 6.54 Å². The van der Waals surface area contributed by atoms with Crippen LogP contribution in [0.4, 0.5) is 0 Å². The first-order valence-corrected chi connectivity index (χ1v) is 10.1. The number of hydrogen-bond donors (Lipinski definition) is 0. The van der Waals surface area contributed by atoms with Crippen molar-refractivity contribution in [2.45, 2.75) is 26.3 Å². The van der Waals surface area contributed by atoms with Crippen LogP contribution in [0.5, 0.6) is 5.75 Å². The van der Waals surface area contributed by atoms with Crippen LogP contribution < -0.4 is 9.54 Å². The highest BCUT2D eigenvalue weighted by atomic mass is 32.1. The zero-order valence-corrected chi connectivity index (χ0v) is 16.5. The van der Waals surface area contributed by atoms with Gasteiger partial charge in [0.25, 0.3) is 5.91 Å². The largest absolute Gasteiger partial charge is 0.494 e. The van der Waals surface area contributed by atoms with Crippen molar-refractivity contribution < 1.29 is 14.3 Å². The molecule has 0 aliphatic rings. The molecule has 5 nitrogen and oxygen atoms in total. The number of carbonyl (C=O) groups is 2. The average molecular weight is 394 g/mol. The summed E-state index contributed by atoms with van der Waals surface area (Å²) in [5.74, 6) is 0.370. The molecule has 0 atom stereocenters. The second-order valence-electron chi connectivity index (χ2n) is 6.25. The Morgan fingerprint density at radius 1 is 1.04 bits per heavy atom. The summed E-state index contributed by atoms with van der Waals surface area (Å²) in [6, 6.07) is 16.1. The molecule has 0 bridgehead atoms. The first-order chi connectivity index (χ1) is 13.7. The molecule has 1 heterocycles. The van der Waals surface area contributed by atoms with Crippen molar-refractivity contribution in [1.82, 2.24) is 4.57 Å². The van der Waals surface area contributed by atoms with Gasteiger partial charge in [0.1, 0.15) is 5.75 Å². The second-order valence-corrected chi connectivity index (χ2v) is 7.12. The smallest absolute Gasteiger partial charge is 0.279 e. The summed E-state index contributed by atoms with van der Waals surface area (Å²) in [7, 11) is 0. The molecule has 0 aliphatic carbocycles. The summed E-state index contributed by atoms with van der Waals surface area (Å²) in [4.78, 5) is 29.6. The molecule has 1 aromatic heterocycles. The van der Waals surface area contributed by atoms with E-state index in [4.69, 9.17) is 4.74 Å². The van der Waals surface area contributed by atoms with Crippen LogP contribution in [0.25, 0.3) is 0 Å². The van der Waals surface area contributed by atoms with Crippen molar-refractivity contribution in [2.24, 2.45) is 4.99 Å². The predicted molar refractivity (Wildman–Crippen MR) is 110 cm³/mol. The minimum Gasteiger partial charge on any atom is -0.494 e. The van der Waals surface area contributed by atoms with Crippen LogP contribution in [0.3, 0.4) is 0 Å². The molecule has 144 valence electrons. The number of aromatic nitrogens is 1. The lowest BCUT2D eigenvalue weighted by molar-refractivity contribution is 0.0963. The maximum atomic E-state index is 12.5. The molecular weight excluding hydrogens is 372 g/mol. The molecule has 0 fully saturated rings. The zero-order chi connectivity index (χ0) is 19.8. The minimum atomic E-state index is -0.344. The Morgan fingerprint density at radius 3 is 2.50 bits per heavy atom. The van der Waals surface area contributed by atoms with Crippen molar-refractivity contribution in [2.75, 3.05) is 6.61 Å². The Bertz CT molecular complexity index is 988. The van der Waals surface area contributed by atoms with Crippen molar-refractivity contribution in [1.29, 1.82) is 0 Å². The summed E-state index contributed by atoms with van der Waals surface area (Å²) in [6.45, 7) is 2.92. The molecule has 0 radical (unpaired) electrons. The van der Waals surface area contributed by atoms with E-state index < -0.39 is 0 Å². The van der Waals surface area contributed by atoms with Gasteiger partial charge in [-0.25, -0.2) is 0 Å². The third kappa shape index (κ3) is 5.27. The summed E-state index contributed by atoms with van der Waals surface area (Å²) < 4.78 is 7.31. The van der Waals surface area contributed by atoms with Gasteiger partial charge in [0, 0.05) is 22.7 Å². The molecule has 0 saturated carbocycles. The molecule has 28 heavy (non-hydrogen) atoms. The fraction of sp³-hybridized carbons (Fsp3) is 0.227. The van der Waals surface area contributed by atoms with E-state index in [1.807, 2.05) is 23.6 Å². The van der Waals surface area contributed by atoms with Gasteiger partial charge in [-0.15, -0.1) is 11.3 Å². The quantitative estimate of drug-likeness (QED) is 0.421. The van der Waals surface area contributed by atoms with Crippen LogP contribution in [-0.4, -0.2) is 22.9 Å². The van der Waals surface area contributed by atoms with Crippen LogP contribution in [0.2, 0.25) is 0 Å². The summed E-state index contributed by atoms with van der Waals surface area (Å²) in [5, 5.41) is 1.81. The van der Waals surface area contributed by atoms with Gasteiger partial charge in [-0.2, -0.15) is 4.99 Å². The average Bonchev–Trinajstić information content (AvgIpc) is 3.15. The highest BCUT2D eigenvalue weighted by Crippen LogP contribution is 2.13. The van der Waals surface area contributed by atoms with Crippen molar-refractivity contribution in [3.05, 3.63) is 82.1 Å². The van der Waals surface area contributed by atoms with Crippen LogP contribution in [0.1, 0.15) is 40.5 Å². The van der Waals surface area contributed by atoms with Gasteiger partial charge in [-0.1, -0.05) is 43.7 Å². The van der Waals surface area contributed by atoms with E-state index in [9.17, 15) is 9.59 Å². The first-order valence-electron chi connectivity index (χ1n) is 9.21. The highest BCUT2D eigenvalue weighted by molar-refractivity contribution is 7.07. The number of ether oxygens (including phenoxy) is 1. The molecule has 0 aliphatic heterocycles. The third-order valence-corrected chi connectivity index (χ3v) is 4.93. The van der Waals surface area contributed by atoms with Gasteiger partial charge in [-0.3, -0.25) is 9.59 Å². The normalized spacial score (nSPS) is 11.4. The Labute approximate surface area is 168 Å². The number of carbonyl (C=O) groups excluding carboxylic acids is 2. The molecule has 0 spiro atoms. The van der Waals surface area contributed by atoms with Gasteiger partial charge >= 0.3 is 0 Å². The molecule has 2 aromatic carbocycles. The Morgan fingerprint density at radius 2 is 1.79 bits per heavy atom.